The second kappa shape index (κ2) is 6.56. The number of imidazole rings is 1. The molecule has 168 valence electrons. The quantitative estimate of drug-likeness (QED) is 0.437. The summed E-state index contributed by atoms with van der Waals surface area (Å²) in [4.78, 5) is 23.1. The summed E-state index contributed by atoms with van der Waals surface area (Å²) in [5.41, 5.74) is 6.62. The first-order chi connectivity index (χ1) is 15.7. The number of hydrogen-bond acceptors (Lipinski definition) is 5. The molecule has 4 aromatic rings. The molecule has 1 unspecified atom stereocenters. The van der Waals surface area contributed by atoms with E-state index in [1.54, 1.807) is 4.40 Å². The van der Waals surface area contributed by atoms with Crippen LogP contribution in [0.15, 0.2) is 42.9 Å². The smallest absolute Gasteiger partial charge is 0.416 e. The van der Waals surface area contributed by atoms with Crippen LogP contribution < -0.4 is 10.5 Å². The van der Waals surface area contributed by atoms with E-state index in [1.807, 2.05) is 0 Å². The van der Waals surface area contributed by atoms with E-state index in [4.69, 9.17) is 10.5 Å². The second-order valence-corrected chi connectivity index (χ2v) is 8.11. The summed E-state index contributed by atoms with van der Waals surface area (Å²) in [6.45, 7) is 0.284. The van der Waals surface area contributed by atoms with E-state index in [9.17, 15) is 22.4 Å². The molecule has 11 heteroatoms. The summed E-state index contributed by atoms with van der Waals surface area (Å²) in [5, 5.41) is 0. The van der Waals surface area contributed by atoms with Gasteiger partial charge in [-0.3, -0.25) is 9.20 Å². The van der Waals surface area contributed by atoms with Crippen molar-refractivity contribution in [3.63, 3.8) is 0 Å². The number of anilines is 1. The Kier molecular flexibility index (Phi) is 3.93. The van der Waals surface area contributed by atoms with Gasteiger partial charge in [0.2, 0.25) is 0 Å². The van der Waals surface area contributed by atoms with Crippen LogP contribution in [0.4, 0.5) is 23.4 Å². The number of halogens is 4. The largest absolute Gasteiger partial charge is 0.487 e. The van der Waals surface area contributed by atoms with Crippen LogP contribution in [0.1, 0.15) is 33.9 Å². The zero-order valence-corrected chi connectivity index (χ0v) is 16.8. The highest BCUT2D eigenvalue weighted by molar-refractivity contribution is 5.99. The number of fused-ring (bicyclic) bond motifs is 6. The standard InChI is InChI=1S/C22H15F4N5O2/c23-13-7-14-15(31-9-28-8-16(31)20(27)29-14)6-12(13)21(32)30-4-3-17-19(30)11-2-1-10(22(24,25)26)5-18(11)33-17/h1-2,5-9,17,19H,3-4H2,(H2,27,29)/t17-,19?/m0/s1. The normalized spacial score (nSPS) is 19.7. The van der Waals surface area contributed by atoms with Crippen molar-refractivity contribution in [2.75, 3.05) is 12.3 Å². The number of nitrogens with zero attached hydrogens (tertiary/aromatic N) is 4. The Morgan fingerprint density at radius 2 is 2.00 bits per heavy atom. The highest BCUT2D eigenvalue weighted by Crippen LogP contribution is 2.47. The third kappa shape index (κ3) is 2.84. The molecule has 2 aliphatic rings. The molecule has 2 aromatic heterocycles. The minimum Gasteiger partial charge on any atom is -0.487 e. The Morgan fingerprint density at radius 3 is 2.79 bits per heavy atom. The van der Waals surface area contributed by atoms with Gasteiger partial charge in [0, 0.05) is 24.6 Å². The van der Waals surface area contributed by atoms with Gasteiger partial charge >= 0.3 is 6.18 Å². The van der Waals surface area contributed by atoms with E-state index in [2.05, 4.69) is 9.97 Å². The molecule has 7 nitrogen and oxygen atoms in total. The molecule has 2 N–H and O–H groups in total. The van der Waals surface area contributed by atoms with Gasteiger partial charge < -0.3 is 15.4 Å². The molecule has 4 heterocycles. The molecular weight excluding hydrogens is 442 g/mol. The second-order valence-electron chi connectivity index (χ2n) is 8.11. The van der Waals surface area contributed by atoms with E-state index in [1.165, 1.54) is 29.6 Å². The molecule has 2 atom stereocenters. The number of ether oxygens (including phenoxy) is 1. The van der Waals surface area contributed by atoms with Gasteiger partial charge in [-0.25, -0.2) is 14.4 Å². The van der Waals surface area contributed by atoms with Gasteiger partial charge in [0.05, 0.1) is 40.7 Å². The van der Waals surface area contributed by atoms with Gasteiger partial charge in [-0.15, -0.1) is 0 Å². The maximum Gasteiger partial charge on any atom is 0.416 e. The third-order valence-corrected chi connectivity index (χ3v) is 6.24. The summed E-state index contributed by atoms with van der Waals surface area (Å²) < 4.78 is 61.6. The number of amides is 1. The molecule has 1 amide bonds. The number of carbonyl (C=O) groups excluding carboxylic acids is 1. The summed E-state index contributed by atoms with van der Waals surface area (Å²) >= 11 is 0. The molecule has 33 heavy (non-hydrogen) atoms. The number of carbonyl (C=O) groups is 1. The Morgan fingerprint density at radius 1 is 1.18 bits per heavy atom. The Hall–Kier alpha value is -3.89. The Balaban J connectivity index is 1.41. The molecule has 2 aromatic carbocycles. The average Bonchev–Trinajstić information content (AvgIpc) is 3.47. The highest BCUT2D eigenvalue weighted by Gasteiger charge is 2.47. The molecule has 6 rings (SSSR count). The van der Waals surface area contributed by atoms with E-state index in [0.717, 1.165) is 18.2 Å². The van der Waals surface area contributed by atoms with Crippen molar-refractivity contribution in [1.82, 2.24) is 19.3 Å². The highest BCUT2D eigenvalue weighted by atomic mass is 19.4. The van der Waals surface area contributed by atoms with E-state index in [0.29, 0.717) is 23.0 Å². The third-order valence-electron chi connectivity index (χ3n) is 6.24. The van der Waals surface area contributed by atoms with Gasteiger partial charge in [0.1, 0.15) is 29.0 Å². The van der Waals surface area contributed by atoms with Gasteiger partial charge in [-0.05, 0) is 18.2 Å². The zero-order chi connectivity index (χ0) is 23.1. The number of hydrogen-bond donors (Lipinski definition) is 1. The van der Waals surface area contributed by atoms with Gasteiger partial charge in [0.15, 0.2) is 0 Å². The summed E-state index contributed by atoms with van der Waals surface area (Å²) in [6, 6.07) is 5.17. The summed E-state index contributed by atoms with van der Waals surface area (Å²) in [7, 11) is 0. The first-order valence-corrected chi connectivity index (χ1v) is 10.1. The van der Waals surface area contributed by atoms with Gasteiger partial charge in [0.25, 0.3) is 5.91 Å². The molecule has 0 radical (unpaired) electrons. The summed E-state index contributed by atoms with van der Waals surface area (Å²) in [5.74, 6) is -1.08. The van der Waals surface area contributed by atoms with E-state index in [-0.39, 0.29) is 29.2 Å². The zero-order valence-electron chi connectivity index (χ0n) is 16.8. The lowest BCUT2D eigenvalue weighted by atomic mass is 10.0. The predicted octanol–water partition coefficient (Wildman–Crippen LogP) is 3.97. The van der Waals surface area contributed by atoms with Crippen molar-refractivity contribution >= 4 is 28.3 Å². The van der Waals surface area contributed by atoms with Crippen molar-refractivity contribution in [2.45, 2.75) is 24.7 Å². The van der Waals surface area contributed by atoms with Crippen LogP contribution in [-0.2, 0) is 6.18 Å². The van der Waals surface area contributed by atoms with Crippen molar-refractivity contribution in [3.05, 3.63) is 65.4 Å². The van der Waals surface area contributed by atoms with Crippen molar-refractivity contribution in [1.29, 1.82) is 0 Å². The van der Waals surface area contributed by atoms with Crippen LogP contribution in [0.5, 0.6) is 5.75 Å². The fraction of sp³-hybridized carbons (Fsp3) is 0.227. The van der Waals surface area contributed by atoms with Crippen LogP contribution in [0.2, 0.25) is 0 Å². The minimum absolute atomic E-state index is 0.0936. The van der Waals surface area contributed by atoms with Crippen LogP contribution in [-0.4, -0.2) is 37.8 Å². The monoisotopic (exact) mass is 457 g/mol. The number of alkyl halides is 3. The number of aromatic nitrogens is 3. The van der Waals surface area contributed by atoms with E-state index >= 15 is 0 Å². The van der Waals surface area contributed by atoms with Crippen LogP contribution >= 0.6 is 0 Å². The lowest BCUT2D eigenvalue weighted by Crippen LogP contribution is -2.32. The number of likely N-dealkylation sites (tertiary alicyclic amines) is 1. The van der Waals surface area contributed by atoms with Crippen LogP contribution in [0, 0.1) is 5.82 Å². The molecule has 2 aliphatic heterocycles. The lowest BCUT2D eigenvalue weighted by molar-refractivity contribution is -0.137. The average molecular weight is 457 g/mol. The number of rotatable bonds is 1. The molecule has 0 bridgehead atoms. The molecule has 0 aliphatic carbocycles. The van der Waals surface area contributed by atoms with Crippen molar-refractivity contribution in [2.24, 2.45) is 0 Å². The van der Waals surface area contributed by atoms with Crippen molar-refractivity contribution in [3.8, 4) is 5.75 Å². The number of nitrogens with two attached hydrogens (primary N) is 1. The molecule has 0 saturated carbocycles. The van der Waals surface area contributed by atoms with E-state index < -0.39 is 35.6 Å². The lowest BCUT2D eigenvalue weighted by Gasteiger charge is -2.24. The first-order valence-electron chi connectivity index (χ1n) is 10.1. The fourth-order valence-corrected chi connectivity index (χ4v) is 4.72. The topological polar surface area (TPSA) is 85.8 Å². The maximum atomic E-state index is 15.0. The first kappa shape index (κ1) is 19.8. The molecule has 1 saturated heterocycles. The van der Waals surface area contributed by atoms with Gasteiger partial charge in [-0.2, -0.15) is 13.2 Å². The van der Waals surface area contributed by atoms with Crippen LogP contribution in [0.3, 0.4) is 0 Å². The Bertz CT molecular complexity index is 1460. The molecule has 1 fully saturated rings. The fourth-order valence-electron chi connectivity index (χ4n) is 4.72. The molecule has 0 spiro atoms. The predicted molar refractivity (Wildman–Crippen MR) is 109 cm³/mol. The molecular formula is C22H15F4N5O2. The number of benzene rings is 2. The van der Waals surface area contributed by atoms with Gasteiger partial charge in [-0.1, -0.05) is 6.07 Å². The summed E-state index contributed by atoms with van der Waals surface area (Å²) in [6.07, 6.45) is -1.56. The Labute approximate surface area is 183 Å². The SMILES string of the molecule is Nc1nc2cc(F)c(C(=O)N3CC[C@@H]4Oc5cc(C(F)(F)F)ccc5C43)cc2n2cncc12. The minimum atomic E-state index is -4.50. The van der Waals surface area contributed by atoms with Crippen LogP contribution in [0.25, 0.3) is 16.6 Å². The number of nitrogen functional groups attached to an aromatic ring is 1. The maximum absolute atomic E-state index is 15.0. The van der Waals surface area contributed by atoms with Crippen molar-refractivity contribution < 1.29 is 27.1 Å².